The molecule has 0 aromatic heterocycles. The lowest BCUT2D eigenvalue weighted by molar-refractivity contribution is 0.334. The molecule has 0 aliphatic rings. The van der Waals surface area contributed by atoms with Gasteiger partial charge in [-0.3, -0.25) is 0 Å². The van der Waals surface area contributed by atoms with E-state index in [-0.39, 0.29) is 0 Å². The van der Waals surface area contributed by atoms with Gasteiger partial charge in [-0.25, -0.2) is 0 Å². The van der Waals surface area contributed by atoms with Crippen LogP contribution in [0.5, 0.6) is 5.75 Å². The fourth-order valence-corrected chi connectivity index (χ4v) is 2.34. The van der Waals surface area contributed by atoms with E-state index in [1.807, 2.05) is 0 Å². The molecule has 0 heterocycles. The Labute approximate surface area is 132 Å². The molecule has 0 N–H and O–H groups in total. The van der Waals surface area contributed by atoms with Crippen molar-refractivity contribution in [3.63, 3.8) is 0 Å². The van der Waals surface area contributed by atoms with E-state index in [9.17, 15) is 0 Å². The summed E-state index contributed by atoms with van der Waals surface area (Å²) in [4.78, 5) is -0.506. The van der Waals surface area contributed by atoms with Crippen molar-refractivity contribution in [2.75, 3.05) is 12.4 Å². The molecule has 1 aromatic carbocycles. The van der Waals surface area contributed by atoms with Crippen molar-refractivity contribution in [2.45, 2.75) is 44.4 Å². The Morgan fingerprint density at radius 3 is 1.84 bits per heavy atom. The zero-order valence-electron chi connectivity index (χ0n) is 11.9. The van der Waals surface area contributed by atoms with Crippen molar-refractivity contribution in [2.24, 2.45) is 0 Å². The Morgan fingerprint density at radius 2 is 1.53 bits per heavy atom. The molecule has 1 nitrogen and oxygen atoms in total. The van der Waals surface area contributed by atoms with Gasteiger partial charge in [-0.05, 0) is 40.7 Å². The number of hydrogen-bond acceptors (Lipinski definition) is 2. The molecule has 1 rings (SSSR count). The average Bonchev–Trinajstić information content (AvgIpc) is 2.34. The van der Waals surface area contributed by atoms with Gasteiger partial charge in [0, 0.05) is 5.75 Å². The quantitative estimate of drug-likeness (QED) is 0.521. The van der Waals surface area contributed by atoms with Crippen LogP contribution in [0.25, 0.3) is 0 Å². The number of hydrogen-bond donors (Lipinski definition) is 1. The molecule has 0 radical (unpaired) electrons. The summed E-state index contributed by atoms with van der Waals surface area (Å²) in [5.74, 6) is 2.39. The van der Waals surface area contributed by atoms with Gasteiger partial charge in [-0.1, -0.05) is 27.7 Å². The first-order valence-electron chi connectivity index (χ1n) is 6.58. The fraction of sp³-hybridized carbons (Fsp3) is 0.600. The molecule has 0 fully saturated rings. The molecule has 108 valence electrons. The average molecular weight is 321 g/mol. The normalized spacial score (nSPS) is 11.7. The van der Waals surface area contributed by atoms with Crippen molar-refractivity contribution in [3.05, 3.63) is 28.8 Å². The van der Waals surface area contributed by atoms with Gasteiger partial charge in [0.25, 0.3) is 0 Å². The topological polar surface area (TPSA) is 9.23 Å². The molecule has 0 aliphatic heterocycles. The predicted octanol–water partition coefficient (Wildman–Crippen LogP) is 5.72. The highest BCUT2D eigenvalue weighted by Gasteiger charge is 2.19. The van der Waals surface area contributed by atoms with Crippen LogP contribution in [0.3, 0.4) is 0 Å². The third-order valence-corrected chi connectivity index (χ3v) is 3.69. The lowest BCUT2D eigenvalue weighted by Gasteiger charge is -2.22. The molecule has 19 heavy (non-hydrogen) atoms. The van der Waals surface area contributed by atoms with Gasteiger partial charge in [-0.2, -0.15) is 12.6 Å². The number of benzene rings is 1. The zero-order chi connectivity index (χ0) is 14.6. The van der Waals surface area contributed by atoms with Crippen molar-refractivity contribution in [3.8, 4) is 5.75 Å². The molecular weight excluding hydrogens is 299 g/mol. The first-order chi connectivity index (χ1) is 8.88. The van der Waals surface area contributed by atoms with Crippen LogP contribution >= 0.6 is 35.8 Å². The second kappa shape index (κ2) is 7.66. The Morgan fingerprint density at radius 1 is 1.05 bits per heavy atom. The van der Waals surface area contributed by atoms with Crippen LogP contribution in [0.1, 0.15) is 61.1 Å². The van der Waals surface area contributed by atoms with Crippen LogP contribution in [-0.2, 0) is 0 Å². The number of rotatable bonds is 6. The third kappa shape index (κ3) is 4.47. The van der Waals surface area contributed by atoms with Gasteiger partial charge in [0.05, 0.1) is 6.61 Å². The fourth-order valence-electron chi connectivity index (χ4n) is 2.00. The maximum atomic E-state index is 6.03. The largest absolute Gasteiger partial charge is 0.492 e. The summed E-state index contributed by atoms with van der Waals surface area (Å²) in [6.07, 6.45) is 0. The van der Waals surface area contributed by atoms with Gasteiger partial charge in [0.1, 0.15) is 10.6 Å². The summed E-state index contributed by atoms with van der Waals surface area (Å²) in [5, 5.41) is 0. The number of halogens is 2. The highest BCUT2D eigenvalue weighted by molar-refractivity contribution is 7.80. The summed E-state index contributed by atoms with van der Waals surface area (Å²) in [6, 6.07) is 4.10. The summed E-state index contributed by atoms with van der Waals surface area (Å²) >= 11 is 16.3. The SMILES string of the molecule is CC(C)c1cc(C(Cl)Cl)cc(C(C)C)c1OCCS. The smallest absolute Gasteiger partial charge is 0.132 e. The maximum absolute atomic E-state index is 6.03. The Balaban J connectivity index is 3.37. The van der Waals surface area contributed by atoms with E-state index in [0.29, 0.717) is 24.2 Å². The summed E-state index contributed by atoms with van der Waals surface area (Å²) in [6.45, 7) is 9.19. The minimum absolute atomic E-state index is 0.361. The molecule has 0 saturated carbocycles. The molecule has 4 heteroatoms. The lowest BCUT2D eigenvalue weighted by Crippen LogP contribution is -2.07. The van der Waals surface area contributed by atoms with E-state index in [0.717, 1.165) is 22.4 Å². The second-order valence-corrected chi connectivity index (χ2v) is 6.75. The summed E-state index contributed by atoms with van der Waals surface area (Å²) in [5.41, 5.74) is 3.26. The lowest BCUT2D eigenvalue weighted by atomic mass is 9.91. The molecule has 0 saturated heterocycles. The molecule has 0 unspecified atom stereocenters. The van der Waals surface area contributed by atoms with Crippen LogP contribution in [0.4, 0.5) is 0 Å². The number of alkyl halides is 2. The first kappa shape index (κ1) is 17.0. The molecule has 0 amide bonds. The standard InChI is InChI=1S/C15H22Cl2OS/c1-9(2)12-7-11(15(16)17)8-13(10(3)4)14(12)18-5-6-19/h7-10,15,19H,5-6H2,1-4H3. The second-order valence-electron chi connectivity index (χ2n) is 5.21. The molecule has 0 aliphatic carbocycles. The van der Waals surface area contributed by atoms with Crippen LogP contribution in [-0.4, -0.2) is 12.4 Å². The Hall–Kier alpha value is -0.0500. The maximum Gasteiger partial charge on any atom is 0.132 e. The van der Waals surface area contributed by atoms with E-state index >= 15 is 0 Å². The third-order valence-electron chi connectivity index (χ3n) is 3.00. The monoisotopic (exact) mass is 320 g/mol. The van der Waals surface area contributed by atoms with Crippen LogP contribution in [0.15, 0.2) is 12.1 Å². The van der Waals surface area contributed by atoms with Gasteiger partial charge in [0.15, 0.2) is 0 Å². The van der Waals surface area contributed by atoms with Crippen LogP contribution in [0, 0.1) is 0 Å². The van der Waals surface area contributed by atoms with Crippen LogP contribution < -0.4 is 4.74 Å². The van der Waals surface area contributed by atoms with Crippen molar-refractivity contribution in [1.29, 1.82) is 0 Å². The molecule has 0 bridgehead atoms. The zero-order valence-corrected chi connectivity index (χ0v) is 14.3. The number of thiol groups is 1. The van der Waals surface area contributed by atoms with E-state index in [1.54, 1.807) is 0 Å². The van der Waals surface area contributed by atoms with E-state index < -0.39 is 4.84 Å². The van der Waals surface area contributed by atoms with Gasteiger partial charge >= 0.3 is 0 Å². The number of ether oxygens (including phenoxy) is 1. The van der Waals surface area contributed by atoms with Gasteiger partial charge < -0.3 is 4.74 Å². The molecule has 1 aromatic rings. The van der Waals surface area contributed by atoms with Crippen molar-refractivity contribution >= 4 is 35.8 Å². The highest BCUT2D eigenvalue weighted by Crippen LogP contribution is 2.39. The minimum Gasteiger partial charge on any atom is -0.492 e. The summed E-state index contributed by atoms with van der Waals surface area (Å²) < 4.78 is 5.91. The van der Waals surface area contributed by atoms with E-state index in [2.05, 4.69) is 52.5 Å². The van der Waals surface area contributed by atoms with Gasteiger partial charge in [-0.15, -0.1) is 23.2 Å². The summed E-state index contributed by atoms with van der Waals surface area (Å²) in [7, 11) is 0. The minimum atomic E-state index is -0.506. The molecular formula is C15H22Cl2OS. The predicted molar refractivity (Wildman–Crippen MR) is 88.4 cm³/mol. The van der Waals surface area contributed by atoms with Gasteiger partial charge in [0.2, 0.25) is 0 Å². The Bertz CT molecular complexity index is 388. The first-order valence-corrected chi connectivity index (χ1v) is 8.08. The van der Waals surface area contributed by atoms with E-state index in [1.165, 1.54) is 0 Å². The van der Waals surface area contributed by atoms with E-state index in [4.69, 9.17) is 27.9 Å². The van der Waals surface area contributed by atoms with Crippen molar-refractivity contribution < 1.29 is 4.74 Å². The molecule has 0 atom stereocenters. The van der Waals surface area contributed by atoms with Crippen molar-refractivity contribution in [1.82, 2.24) is 0 Å². The highest BCUT2D eigenvalue weighted by atomic mass is 35.5. The van der Waals surface area contributed by atoms with Crippen LogP contribution in [0.2, 0.25) is 0 Å². The Kier molecular flexibility index (Phi) is 6.85. The molecule has 0 spiro atoms.